The lowest BCUT2D eigenvalue weighted by atomic mass is 9.99. The minimum atomic E-state index is -0.123. The van der Waals surface area contributed by atoms with Crippen molar-refractivity contribution in [2.75, 3.05) is 0 Å². The molecule has 21 heavy (non-hydrogen) atoms. The number of halogens is 1. The zero-order chi connectivity index (χ0) is 16.7. The van der Waals surface area contributed by atoms with E-state index in [9.17, 15) is 4.39 Å². The Balaban J connectivity index is 0.000000921. The summed E-state index contributed by atoms with van der Waals surface area (Å²) >= 11 is 0. The predicted molar refractivity (Wildman–Crippen MR) is 91.5 cm³/mol. The lowest BCUT2D eigenvalue weighted by molar-refractivity contribution is 0.600. The normalized spacial score (nSPS) is 10.2. The SMILES string of the molecule is C=C.CC.CC(C)c1cc2c(cc1F)c(C(C)C)nn2C. The summed E-state index contributed by atoms with van der Waals surface area (Å²) < 4.78 is 15.8. The van der Waals surface area contributed by atoms with Crippen molar-refractivity contribution in [2.45, 2.75) is 53.4 Å². The molecule has 0 radical (unpaired) electrons. The molecule has 2 nitrogen and oxygen atoms in total. The fourth-order valence-corrected chi connectivity index (χ4v) is 2.19. The molecule has 0 atom stereocenters. The molecule has 3 heteroatoms. The lowest BCUT2D eigenvalue weighted by Crippen LogP contribution is -1.95. The quantitative estimate of drug-likeness (QED) is 0.641. The summed E-state index contributed by atoms with van der Waals surface area (Å²) in [6.45, 7) is 18.2. The highest BCUT2D eigenvalue weighted by Crippen LogP contribution is 2.29. The van der Waals surface area contributed by atoms with Gasteiger partial charge in [-0.05, 0) is 29.5 Å². The number of fused-ring (bicyclic) bond motifs is 1. The summed E-state index contributed by atoms with van der Waals surface area (Å²) in [5.74, 6) is 0.377. The first kappa shape index (κ1) is 19.4. The van der Waals surface area contributed by atoms with Crippen LogP contribution in [0.3, 0.4) is 0 Å². The Kier molecular flexibility index (Phi) is 7.93. The highest BCUT2D eigenvalue weighted by molar-refractivity contribution is 5.83. The molecular formula is C18H29FN2. The van der Waals surface area contributed by atoms with Crippen LogP contribution in [-0.2, 0) is 7.05 Å². The second kappa shape index (κ2) is 8.60. The van der Waals surface area contributed by atoms with E-state index in [1.165, 1.54) is 0 Å². The van der Waals surface area contributed by atoms with E-state index in [4.69, 9.17) is 0 Å². The molecule has 1 heterocycles. The van der Waals surface area contributed by atoms with Gasteiger partial charge >= 0.3 is 0 Å². The molecule has 0 aliphatic rings. The van der Waals surface area contributed by atoms with Gasteiger partial charge in [-0.1, -0.05) is 41.5 Å². The minimum absolute atomic E-state index is 0.123. The summed E-state index contributed by atoms with van der Waals surface area (Å²) in [4.78, 5) is 0. The third kappa shape index (κ3) is 4.16. The maximum absolute atomic E-state index is 14.0. The summed E-state index contributed by atoms with van der Waals surface area (Å²) in [7, 11) is 1.91. The van der Waals surface area contributed by atoms with Crippen molar-refractivity contribution < 1.29 is 4.39 Å². The van der Waals surface area contributed by atoms with Gasteiger partial charge in [0.05, 0.1) is 11.2 Å². The largest absolute Gasteiger partial charge is 0.268 e. The van der Waals surface area contributed by atoms with E-state index in [0.717, 1.165) is 22.2 Å². The Morgan fingerprint density at radius 3 is 2.00 bits per heavy atom. The Bertz CT molecular complexity index is 568. The van der Waals surface area contributed by atoms with Crippen LogP contribution in [0.4, 0.5) is 4.39 Å². The zero-order valence-corrected chi connectivity index (χ0v) is 14.5. The van der Waals surface area contributed by atoms with Crippen molar-refractivity contribution in [1.82, 2.24) is 9.78 Å². The van der Waals surface area contributed by atoms with E-state index >= 15 is 0 Å². The molecule has 118 valence electrons. The Morgan fingerprint density at radius 2 is 1.57 bits per heavy atom. The van der Waals surface area contributed by atoms with Gasteiger partial charge in [-0.2, -0.15) is 5.10 Å². The number of rotatable bonds is 2. The average Bonchev–Trinajstić information content (AvgIpc) is 2.79. The molecule has 0 N–H and O–H groups in total. The molecular weight excluding hydrogens is 263 g/mol. The highest BCUT2D eigenvalue weighted by atomic mass is 19.1. The van der Waals surface area contributed by atoms with Crippen molar-refractivity contribution in [3.8, 4) is 0 Å². The molecule has 2 rings (SSSR count). The molecule has 0 unspecified atom stereocenters. The Labute approximate surface area is 128 Å². The zero-order valence-electron chi connectivity index (χ0n) is 14.5. The van der Waals surface area contributed by atoms with Crippen LogP contribution in [0.25, 0.3) is 10.9 Å². The number of hydrogen-bond donors (Lipinski definition) is 0. The Morgan fingerprint density at radius 1 is 1.05 bits per heavy atom. The van der Waals surface area contributed by atoms with Gasteiger partial charge in [-0.25, -0.2) is 4.39 Å². The highest BCUT2D eigenvalue weighted by Gasteiger charge is 2.16. The number of aryl methyl sites for hydroxylation is 1. The van der Waals surface area contributed by atoms with E-state index in [1.54, 1.807) is 6.07 Å². The molecule has 0 bridgehead atoms. The van der Waals surface area contributed by atoms with Gasteiger partial charge in [0.2, 0.25) is 0 Å². The number of nitrogens with zero attached hydrogens (tertiary/aromatic N) is 2. The Hall–Kier alpha value is -1.64. The van der Waals surface area contributed by atoms with Crippen LogP contribution in [0.1, 0.15) is 64.6 Å². The van der Waals surface area contributed by atoms with Crippen molar-refractivity contribution in [3.05, 3.63) is 42.4 Å². The molecule has 1 aromatic carbocycles. The predicted octanol–water partition coefficient (Wildman–Crippen LogP) is 5.79. The van der Waals surface area contributed by atoms with Gasteiger partial charge in [-0.3, -0.25) is 4.68 Å². The molecule has 0 amide bonds. The first-order chi connectivity index (χ1) is 9.91. The van der Waals surface area contributed by atoms with Crippen LogP contribution < -0.4 is 0 Å². The molecule has 1 aromatic heterocycles. The monoisotopic (exact) mass is 292 g/mol. The molecule has 0 saturated heterocycles. The molecule has 0 aliphatic heterocycles. The van der Waals surface area contributed by atoms with Gasteiger partial charge in [0.1, 0.15) is 5.82 Å². The summed E-state index contributed by atoms with van der Waals surface area (Å²) in [5.41, 5.74) is 2.74. The van der Waals surface area contributed by atoms with Crippen molar-refractivity contribution >= 4 is 10.9 Å². The third-order valence-corrected chi connectivity index (χ3v) is 3.17. The number of benzene rings is 1. The maximum Gasteiger partial charge on any atom is 0.127 e. The van der Waals surface area contributed by atoms with Gasteiger partial charge in [0.25, 0.3) is 0 Å². The molecule has 0 saturated carbocycles. The lowest BCUT2D eigenvalue weighted by Gasteiger charge is -2.08. The van der Waals surface area contributed by atoms with E-state index in [1.807, 2.05) is 45.5 Å². The fraction of sp³-hybridized carbons (Fsp3) is 0.500. The first-order valence-electron chi connectivity index (χ1n) is 7.57. The van der Waals surface area contributed by atoms with Crippen molar-refractivity contribution in [2.24, 2.45) is 7.05 Å². The van der Waals surface area contributed by atoms with Crippen LogP contribution in [-0.4, -0.2) is 9.78 Å². The topological polar surface area (TPSA) is 17.8 Å². The van der Waals surface area contributed by atoms with E-state index in [-0.39, 0.29) is 11.7 Å². The standard InChI is InChI=1S/C14H19FN2.C2H6.C2H4/c1-8(2)10-7-13-11(6-12(10)15)14(9(3)4)16-17(13)5;2*1-2/h6-9H,1-5H3;1-2H3;1-2H2. The maximum atomic E-state index is 14.0. The smallest absolute Gasteiger partial charge is 0.127 e. The number of hydrogen-bond acceptors (Lipinski definition) is 1. The summed E-state index contributed by atoms with van der Waals surface area (Å²) in [6.07, 6.45) is 0. The van der Waals surface area contributed by atoms with E-state index in [0.29, 0.717) is 5.92 Å². The second-order valence-electron chi connectivity index (χ2n) is 5.21. The average molecular weight is 292 g/mol. The molecule has 0 aliphatic carbocycles. The second-order valence-corrected chi connectivity index (χ2v) is 5.21. The van der Waals surface area contributed by atoms with Crippen LogP contribution in [0, 0.1) is 5.82 Å². The number of aromatic nitrogens is 2. The van der Waals surface area contributed by atoms with Crippen molar-refractivity contribution in [1.29, 1.82) is 0 Å². The van der Waals surface area contributed by atoms with Gasteiger partial charge in [0, 0.05) is 12.4 Å². The van der Waals surface area contributed by atoms with E-state index < -0.39 is 0 Å². The molecule has 0 fully saturated rings. The molecule has 0 spiro atoms. The van der Waals surface area contributed by atoms with Gasteiger partial charge in [0.15, 0.2) is 0 Å². The van der Waals surface area contributed by atoms with Gasteiger partial charge in [-0.15, -0.1) is 13.2 Å². The van der Waals surface area contributed by atoms with E-state index in [2.05, 4.69) is 32.1 Å². The fourth-order valence-electron chi connectivity index (χ4n) is 2.19. The minimum Gasteiger partial charge on any atom is -0.268 e. The van der Waals surface area contributed by atoms with Crippen LogP contribution >= 0.6 is 0 Å². The van der Waals surface area contributed by atoms with Crippen LogP contribution in [0.5, 0.6) is 0 Å². The van der Waals surface area contributed by atoms with Gasteiger partial charge < -0.3 is 0 Å². The summed E-state index contributed by atoms with van der Waals surface area (Å²) in [5, 5.41) is 5.42. The molecule has 2 aromatic rings. The van der Waals surface area contributed by atoms with Crippen molar-refractivity contribution in [3.63, 3.8) is 0 Å². The third-order valence-electron chi connectivity index (χ3n) is 3.17. The van der Waals surface area contributed by atoms with Crippen LogP contribution in [0.2, 0.25) is 0 Å². The first-order valence-corrected chi connectivity index (χ1v) is 7.57. The van der Waals surface area contributed by atoms with Crippen LogP contribution in [0.15, 0.2) is 25.3 Å². The summed E-state index contributed by atoms with van der Waals surface area (Å²) in [6, 6.07) is 3.56.